The molecular formula is C11H25NOS. The second-order valence-electron chi connectivity index (χ2n) is 4.17. The molecule has 0 amide bonds. The van der Waals surface area contributed by atoms with E-state index < -0.39 is 0 Å². The van der Waals surface area contributed by atoms with Crippen molar-refractivity contribution in [3.8, 4) is 0 Å². The third kappa shape index (κ3) is 4.67. The second-order valence-corrected chi connectivity index (χ2v) is 5.25. The molecule has 0 fully saturated rings. The van der Waals surface area contributed by atoms with Crippen molar-refractivity contribution in [2.75, 3.05) is 12.9 Å². The predicted octanol–water partition coefficient (Wildman–Crippen LogP) is 2.12. The first-order valence-corrected chi connectivity index (χ1v) is 6.75. The maximum atomic E-state index is 9.16. The molecule has 3 heteroatoms. The summed E-state index contributed by atoms with van der Waals surface area (Å²) in [6.07, 6.45) is 3.20. The largest absolute Gasteiger partial charge is 0.395 e. The lowest BCUT2D eigenvalue weighted by Crippen LogP contribution is -2.45. The van der Waals surface area contributed by atoms with Gasteiger partial charge in [-0.1, -0.05) is 20.8 Å². The van der Waals surface area contributed by atoms with Gasteiger partial charge < -0.3 is 10.4 Å². The SMILES string of the molecule is CCC(NC(C)C(CO)SC)C(C)C. The fourth-order valence-electron chi connectivity index (χ4n) is 1.66. The molecule has 0 aromatic carbocycles. The van der Waals surface area contributed by atoms with E-state index >= 15 is 0 Å². The molecule has 0 aliphatic rings. The highest BCUT2D eigenvalue weighted by Crippen LogP contribution is 2.13. The number of aliphatic hydroxyl groups excluding tert-OH is 1. The first-order chi connectivity index (χ1) is 6.56. The van der Waals surface area contributed by atoms with Gasteiger partial charge in [0.05, 0.1) is 6.61 Å². The van der Waals surface area contributed by atoms with E-state index in [2.05, 4.69) is 39.3 Å². The van der Waals surface area contributed by atoms with Crippen LogP contribution < -0.4 is 5.32 Å². The van der Waals surface area contributed by atoms with E-state index in [0.717, 1.165) is 6.42 Å². The van der Waals surface area contributed by atoms with Gasteiger partial charge >= 0.3 is 0 Å². The van der Waals surface area contributed by atoms with Crippen LogP contribution in [0.3, 0.4) is 0 Å². The Labute approximate surface area is 92.9 Å². The fourth-order valence-corrected chi connectivity index (χ4v) is 2.30. The van der Waals surface area contributed by atoms with Gasteiger partial charge in [-0.25, -0.2) is 0 Å². The molecule has 14 heavy (non-hydrogen) atoms. The molecule has 2 N–H and O–H groups in total. The minimum Gasteiger partial charge on any atom is -0.395 e. The lowest BCUT2D eigenvalue weighted by atomic mass is 10.0. The van der Waals surface area contributed by atoms with Crippen LogP contribution in [0.4, 0.5) is 0 Å². The summed E-state index contributed by atoms with van der Waals surface area (Å²) in [4.78, 5) is 0. The van der Waals surface area contributed by atoms with Crippen molar-refractivity contribution < 1.29 is 5.11 Å². The Kier molecular flexibility index (Phi) is 7.69. The number of hydrogen-bond donors (Lipinski definition) is 2. The number of rotatable bonds is 7. The van der Waals surface area contributed by atoms with Gasteiger partial charge in [-0.15, -0.1) is 0 Å². The molecule has 0 saturated heterocycles. The third-order valence-corrected chi connectivity index (χ3v) is 3.92. The van der Waals surface area contributed by atoms with Gasteiger partial charge in [0, 0.05) is 17.3 Å². The smallest absolute Gasteiger partial charge is 0.0564 e. The van der Waals surface area contributed by atoms with Crippen LogP contribution in [0.1, 0.15) is 34.1 Å². The van der Waals surface area contributed by atoms with E-state index in [0.29, 0.717) is 23.3 Å². The van der Waals surface area contributed by atoms with Crippen molar-refractivity contribution in [2.24, 2.45) is 5.92 Å². The minimum atomic E-state index is 0.254. The molecule has 0 aromatic rings. The van der Waals surface area contributed by atoms with Crippen LogP contribution in [0, 0.1) is 5.92 Å². The Morgan fingerprint density at radius 1 is 1.29 bits per heavy atom. The highest BCUT2D eigenvalue weighted by molar-refractivity contribution is 7.99. The Bertz CT molecular complexity index is 137. The van der Waals surface area contributed by atoms with Gasteiger partial charge in [0.1, 0.15) is 0 Å². The lowest BCUT2D eigenvalue weighted by molar-refractivity contribution is 0.260. The molecule has 0 aromatic heterocycles. The van der Waals surface area contributed by atoms with E-state index in [1.807, 2.05) is 0 Å². The van der Waals surface area contributed by atoms with Crippen LogP contribution in [-0.2, 0) is 0 Å². The van der Waals surface area contributed by atoms with E-state index in [-0.39, 0.29) is 6.61 Å². The zero-order valence-corrected chi connectivity index (χ0v) is 10.9. The third-order valence-electron chi connectivity index (χ3n) is 2.76. The van der Waals surface area contributed by atoms with Crippen LogP contribution in [0.25, 0.3) is 0 Å². The standard InChI is InChI=1S/C11H25NOS/c1-6-10(8(2)3)12-9(4)11(7-13)14-5/h8-13H,6-7H2,1-5H3. The van der Waals surface area contributed by atoms with Crippen molar-refractivity contribution in [1.82, 2.24) is 5.32 Å². The topological polar surface area (TPSA) is 32.3 Å². The van der Waals surface area contributed by atoms with Crippen LogP contribution in [0.2, 0.25) is 0 Å². The fraction of sp³-hybridized carbons (Fsp3) is 1.00. The van der Waals surface area contributed by atoms with Gasteiger partial charge in [0.15, 0.2) is 0 Å². The first kappa shape index (κ1) is 14.3. The zero-order valence-electron chi connectivity index (χ0n) is 10.1. The van der Waals surface area contributed by atoms with E-state index in [1.54, 1.807) is 11.8 Å². The van der Waals surface area contributed by atoms with Gasteiger partial charge in [-0.05, 0) is 25.5 Å². The maximum absolute atomic E-state index is 9.16. The summed E-state index contributed by atoms with van der Waals surface area (Å²) in [7, 11) is 0. The van der Waals surface area contributed by atoms with Crippen molar-refractivity contribution in [3.63, 3.8) is 0 Å². The van der Waals surface area contributed by atoms with Crippen LogP contribution in [0.5, 0.6) is 0 Å². The van der Waals surface area contributed by atoms with Gasteiger partial charge in [0.25, 0.3) is 0 Å². The molecule has 0 spiro atoms. The summed E-state index contributed by atoms with van der Waals surface area (Å²) >= 11 is 1.73. The van der Waals surface area contributed by atoms with E-state index in [9.17, 15) is 0 Å². The van der Waals surface area contributed by atoms with Crippen molar-refractivity contribution in [2.45, 2.75) is 51.4 Å². The molecule has 3 atom stereocenters. The summed E-state index contributed by atoms with van der Waals surface area (Å²) in [6, 6.07) is 0.938. The number of thioether (sulfide) groups is 1. The molecule has 0 rings (SSSR count). The molecular weight excluding hydrogens is 194 g/mol. The summed E-state index contributed by atoms with van der Waals surface area (Å²) in [5.41, 5.74) is 0. The number of hydrogen-bond acceptors (Lipinski definition) is 3. The summed E-state index contributed by atoms with van der Waals surface area (Å²) in [5, 5.41) is 13.1. The van der Waals surface area contributed by atoms with E-state index in [1.165, 1.54) is 0 Å². The Balaban J connectivity index is 4.06. The van der Waals surface area contributed by atoms with Crippen LogP contribution in [0.15, 0.2) is 0 Å². The predicted molar refractivity (Wildman–Crippen MR) is 65.9 cm³/mol. The molecule has 0 heterocycles. The first-order valence-electron chi connectivity index (χ1n) is 5.46. The maximum Gasteiger partial charge on any atom is 0.0564 e. The van der Waals surface area contributed by atoms with Crippen molar-refractivity contribution >= 4 is 11.8 Å². The number of nitrogens with one attached hydrogen (secondary N) is 1. The summed E-state index contributed by atoms with van der Waals surface area (Å²) in [5.74, 6) is 0.656. The van der Waals surface area contributed by atoms with Gasteiger partial charge in [0.2, 0.25) is 0 Å². The molecule has 3 unspecified atom stereocenters. The van der Waals surface area contributed by atoms with Gasteiger partial charge in [-0.2, -0.15) is 11.8 Å². The Morgan fingerprint density at radius 3 is 2.14 bits per heavy atom. The number of aliphatic hydroxyl groups is 1. The quantitative estimate of drug-likeness (QED) is 0.688. The summed E-state index contributed by atoms with van der Waals surface area (Å²) < 4.78 is 0. The average Bonchev–Trinajstić information content (AvgIpc) is 2.15. The van der Waals surface area contributed by atoms with E-state index in [4.69, 9.17) is 5.11 Å². The molecule has 0 aliphatic heterocycles. The minimum absolute atomic E-state index is 0.254. The monoisotopic (exact) mass is 219 g/mol. The normalized spacial score (nSPS) is 18.2. The molecule has 86 valence electrons. The molecule has 0 aliphatic carbocycles. The van der Waals surface area contributed by atoms with Crippen LogP contribution >= 0.6 is 11.8 Å². The molecule has 0 saturated carbocycles. The van der Waals surface area contributed by atoms with Crippen molar-refractivity contribution in [3.05, 3.63) is 0 Å². The van der Waals surface area contributed by atoms with Crippen LogP contribution in [-0.4, -0.2) is 35.3 Å². The molecule has 0 radical (unpaired) electrons. The van der Waals surface area contributed by atoms with Gasteiger partial charge in [-0.3, -0.25) is 0 Å². The molecule has 2 nitrogen and oxygen atoms in total. The Hall–Kier alpha value is 0.270. The van der Waals surface area contributed by atoms with Crippen molar-refractivity contribution in [1.29, 1.82) is 0 Å². The Morgan fingerprint density at radius 2 is 1.86 bits per heavy atom. The summed E-state index contributed by atoms with van der Waals surface area (Å²) in [6.45, 7) is 9.09. The molecule has 0 bridgehead atoms. The highest BCUT2D eigenvalue weighted by Gasteiger charge is 2.19. The zero-order chi connectivity index (χ0) is 11.1. The average molecular weight is 219 g/mol. The lowest BCUT2D eigenvalue weighted by Gasteiger charge is -2.29. The highest BCUT2D eigenvalue weighted by atomic mass is 32.2. The second kappa shape index (κ2) is 7.55.